The normalized spacial score (nSPS) is 10.5. The zero-order chi connectivity index (χ0) is 14.0. The van der Waals surface area contributed by atoms with Crippen LogP contribution in [-0.4, -0.2) is 5.78 Å². The molecule has 0 radical (unpaired) electrons. The molecule has 0 amide bonds. The van der Waals surface area contributed by atoms with E-state index in [4.69, 9.17) is 23.2 Å². The highest BCUT2D eigenvalue weighted by atomic mass is 79.9. The number of carbonyl (C=O) groups is 1. The average molecular weight is 376 g/mol. The molecule has 0 fully saturated rings. The topological polar surface area (TPSA) is 17.1 Å². The minimum atomic E-state index is 0.0157. The van der Waals surface area contributed by atoms with Gasteiger partial charge in [0.25, 0.3) is 0 Å². The summed E-state index contributed by atoms with van der Waals surface area (Å²) < 4.78 is 0.874. The van der Waals surface area contributed by atoms with Crippen LogP contribution in [0.2, 0.25) is 10.0 Å². The third-order valence-corrected chi connectivity index (χ3v) is 4.74. The molecule has 0 atom stereocenters. The first-order chi connectivity index (χ1) is 8.97. The Kier molecular flexibility index (Phi) is 4.96. The molecule has 0 bridgehead atoms. The van der Waals surface area contributed by atoms with Crippen molar-refractivity contribution < 1.29 is 4.79 Å². The Morgan fingerprint density at radius 1 is 1.11 bits per heavy atom. The van der Waals surface area contributed by atoms with Crippen molar-refractivity contribution in [1.82, 2.24) is 0 Å². The van der Waals surface area contributed by atoms with Crippen LogP contribution in [-0.2, 0) is 0 Å². The molecular weight excluding hydrogens is 367 g/mol. The molecule has 0 aromatic heterocycles. The van der Waals surface area contributed by atoms with Crippen molar-refractivity contribution in [3.63, 3.8) is 0 Å². The molecule has 0 aliphatic carbocycles. The van der Waals surface area contributed by atoms with Gasteiger partial charge >= 0.3 is 0 Å². The first-order valence-electron chi connectivity index (χ1n) is 5.41. The fourth-order valence-corrected chi connectivity index (χ4v) is 3.41. The lowest BCUT2D eigenvalue weighted by Gasteiger charge is -2.09. The van der Waals surface area contributed by atoms with Gasteiger partial charge in [0.05, 0.1) is 5.02 Å². The van der Waals surface area contributed by atoms with Crippen molar-refractivity contribution in [3.05, 3.63) is 56.5 Å². The lowest BCUT2D eigenvalue weighted by Crippen LogP contribution is -1.95. The van der Waals surface area contributed by atoms with Crippen molar-refractivity contribution in [3.8, 4) is 0 Å². The number of hydrogen-bond donors (Lipinski definition) is 0. The molecule has 0 heterocycles. The van der Waals surface area contributed by atoms with Crippen LogP contribution in [0.15, 0.2) is 50.7 Å². The zero-order valence-electron chi connectivity index (χ0n) is 9.91. The van der Waals surface area contributed by atoms with Gasteiger partial charge in [-0.2, -0.15) is 0 Å². The third kappa shape index (κ3) is 3.76. The molecule has 2 aromatic carbocycles. The van der Waals surface area contributed by atoms with Crippen LogP contribution < -0.4 is 0 Å². The number of halogens is 3. The molecule has 1 nitrogen and oxygen atoms in total. The summed E-state index contributed by atoms with van der Waals surface area (Å²) in [6.07, 6.45) is 0. The molecular formula is C14H9BrCl2OS. The van der Waals surface area contributed by atoms with Crippen LogP contribution in [0.25, 0.3) is 0 Å². The molecule has 0 aliphatic heterocycles. The van der Waals surface area contributed by atoms with Gasteiger partial charge in [0.2, 0.25) is 0 Å². The highest BCUT2D eigenvalue weighted by molar-refractivity contribution is 9.10. The smallest absolute Gasteiger partial charge is 0.160 e. The number of ketones is 1. The maximum Gasteiger partial charge on any atom is 0.160 e. The zero-order valence-corrected chi connectivity index (χ0v) is 13.8. The predicted octanol–water partition coefficient (Wildman–Crippen LogP) is 6.11. The van der Waals surface area contributed by atoms with Gasteiger partial charge in [0.15, 0.2) is 5.78 Å². The third-order valence-electron chi connectivity index (χ3n) is 2.43. The lowest BCUT2D eigenvalue weighted by atomic mass is 10.1. The quantitative estimate of drug-likeness (QED) is 0.602. The molecule has 0 spiro atoms. The minimum absolute atomic E-state index is 0.0157. The highest BCUT2D eigenvalue weighted by Gasteiger charge is 2.11. The molecule has 0 unspecified atom stereocenters. The minimum Gasteiger partial charge on any atom is -0.294 e. The Labute approximate surface area is 134 Å². The fourth-order valence-electron chi connectivity index (χ4n) is 1.54. The van der Waals surface area contributed by atoms with Crippen molar-refractivity contribution in [2.24, 2.45) is 0 Å². The summed E-state index contributed by atoms with van der Waals surface area (Å²) in [6, 6.07) is 10.9. The highest BCUT2D eigenvalue weighted by Crippen LogP contribution is 2.37. The van der Waals surface area contributed by atoms with E-state index in [2.05, 4.69) is 15.9 Å². The molecule has 5 heteroatoms. The van der Waals surface area contributed by atoms with Gasteiger partial charge in [-0.1, -0.05) is 50.9 Å². The van der Waals surface area contributed by atoms with Crippen LogP contribution in [0.5, 0.6) is 0 Å². The largest absolute Gasteiger partial charge is 0.294 e. The Morgan fingerprint density at radius 3 is 2.53 bits per heavy atom. The monoisotopic (exact) mass is 374 g/mol. The molecule has 0 saturated heterocycles. The second kappa shape index (κ2) is 6.31. The number of rotatable bonds is 3. The number of Topliss-reactive ketones (excluding diaryl/α,β-unsaturated/α-hetero) is 1. The second-order valence-electron chi connectivity index (χ2n) is 3.87. The molecule has 0 aliphatic rings. The molecule has 98 valence electrons. The van der Waals surface area contributed by atoms with E-state index >= 15 is 0 Å². The first kappa shape index (κ1) is 14.9. The SMILES string of the molecule is CC(=O)c1cc(Br)ccc1Sc1cc(Cl)ccc1Cl. The van der Waals surface area contributed by atoms with Gasteiger partial charge in [-0.05, 0) is 43.3 Å². The van der Waals surface area contributed by atoms with Crippen LogP contribution in [0.3, 0.4) is 0 Å². The second-order valence-corrected chi connectivity index (χ2v) is 6.72. The molecule has 2 aromatic rings. The van der Waals surface area contributed by atoms with E-state index in [9.17, 15) is 4.79 Å². The van der Waals surface area contributed by atoms with Crippen molar-refractivity contribution in [2.45, 2.75) is 16.7 Å². The van der Waals surface area contributed by atoms with E-state index in [0.717, 1.165) is 14.3 Å². The molecule has 0 N–H and O–H groups in total. The standard InChI is InChI=1S/C14H9BrCl2OS/c1-8(18)11-6-9(15)2-5-13(11)19-14-7-10(16)3-4-12(14)17/h2-7H,1H3. The number of carbonyl (C=O) groups excluding carboxylic acids is 1. The van der Waals surface area contributed by atoms with Gasteiger partial charge in [-0.15, -0.1) is 0 Å². The van der Waals surface area contributed by atoms with Crippen molar-refractivity contribution in [2.75, 3.05) is 0 Å². The van der Waals surface area contributed by atoms with Crippen LogP contribution in [0.4, 0.5) is 0 Å². The van der Waals surface area contributed by atoms with E-state index < -0.39 is 0 Å². The molecule has 2 rings (SSSR count). The van der Waals surface area contributed by atoms with Gasteiger partial charge in [-0.25, -0.2) is 0 Å². The fraction of sp³-hybridized carbons (Fsp3) is 0.0714. The van der Waals surface area contributed by atoms with Crippen molar-refractivity contribution in [1.29, 1.82) is 0 Å². The summed E-state index contributed by atoms with van der Waals surface area (Å²) in [5, 5.41) is 1.24. The van der Waals surface area contributed by atoms with E-state index in [0.29, 0.717) is 15.6 Å². The van der Waals surface area contributed by atoms with Gasteiger partial charge in [-0.3, -0.25) is 4.79 Å². The summed E-state index contributed by atoms with van der Waals surface area (Å²) >= 11 is 16.9. The van der Waals surface area contributed by atoms with Crippen LogP contribution >= 0.6 is 50.9 Å². The van der Waals surface area contributed by atoms with Gasteiger partial charge in [0.1, 0.15) is 0 Å². The number of hydrogen-bond acceptors (Lipinski definition) is 2. The van der Waals surface area contributed by atoms with Crippen LogP contribution in [0, 0.1) is 0 Å². The molecule has 19 heavy (non-hydrogen) atoms. The summed E-state index contributed by atoms with van der Waals surface area (Å²) in [5.41, 5.74) is 0.662. The predicted molar refractivity (Wildman–Crippen MR) is 84.7 cm³/mol. The Morgan fingerprint density at radius 2 is 1.84 bits per heavy atom. The van der Waals surface area contributed by atoms with Gasteiger partial charge in [0, 0.05) is 24.8 Å². The Hall–Kier alpha value is -0.480. The molecule has 0 saturated carbocycles. The summed E-state index contributed by atoms with van der Waals surface area (Å²) in [5.74, 6) is 0.0157. The summed E-state index contributed by atoms with van der Waals surface area (Å²) in [7, 11) is 0. The van der Waals surface area contributed by atoms with Gasteiger partial charge < -0.3 is 0 Å². The average Bonchev–Trinajstić information content (AvgIpc) is 2.35. The number of benzene rings is 2. The van der Waals surface area contributed by atoms with E-state index in [1.165, 1.54) is 11.8 Å². The van der Waals surface area contributed by atoms with Crippen molar-refractivity contribution >= 4 is 56.7 Å². The van der Waals surface area contributed by atoms with E-state index in [1.807, 2.05) is 18.2 Å². The maximum absolute atomic E-state index is 11.7. The van der Waals surface area contributed by atoms with Crippen LogP contribution in [0.1, 0.15) is 17.3 Å². The lowest BCUT2D eigenvalue weighted by molar-refractivity contribution is 0.101. The first-order valence-corrected chi connectivity index (χ1v) is 7.77. The summed E-state index contributed by atoms with van der Waals surface area (Å²) in [4.78, 5) is 13.4. The Balaban J connectivity index is 2.43. The Bertz CT molecular complexity index is 643. The summed E-state index contributed by atoms with van der Waals surface area (Å²) in [6.45, 7) is 1.55. The van der Waals surface area contributed by atoms with E-state index in [1.54, 1.807) is 25.1 Å². The van der Waals surface area contributed by atoms with E-state index in [-0.39, 0.29) is 5.78 Å². The maximum atomic E-state index is 11.7.